The number of nitrogens with one attached hydrogen (secondary N) is 1. The van der Waals surface area contributed by atoms with Crippen LogP contribution in [0.3, 0.4) is 0 Å². The fraction of sp³-hybridized carbons (Fsp3) is 0.381. The Morgan fingerprint density at radius 2 is 1.86 bits per heavy atom. The van der Waals surface area contributed by atoms with E-state index in [9.17, 15) is 13.2 Å². The third kappa shape index (κ3) is 8.13. The van der Waals surface area contributed by atoms with E-state index in [2.05, 4.69) is 5.32 Å². The van der Waals surface area contributed by atoms with Gasteiger partial charge in [-0.05, 0) is 24.1 Å². The number of hydrogen-bond donors (Lipinski definition) is 1. The standard InChI is InChI=1S/C21H28N2O5S/c1-27-20-11-6-10-19(16-20)23(29(2,25)26)14-7-12-21(24)22-13-15-28-17-18-8-4-3-5-9-18/h3-6,8-11,16H,7,12-15,17H2,1-2H3,(H,22,24). The van der Waals surface area contributed by atoms with E-state index in [1.807, 2.05) is 30.3 Å². The molecule has 2 aromatic rings. The summed E-state index contributed by atoms with van der Waals surface area (Å²) < 4.78 is 36.2. The monoisotopic (exact) mass is 420 g/mol. The number of benzene rings is 2. The summed E-state index contributed by atoms with van der Waals surface area (Å²) in [6, 6.07) is 16.6. The molecule has 1 amide bonds. The van der Waals surface area contributed by atoms with Crippen LogP contribution in [0.2, 0.25) is 0 Å². The highest BCUT2D eigenvalue weighted by molar-refractivity contribution is 7.92. The highest BCUT2D eigenvalue weighted by Gasteiger charge is 2.18. The Balaban J connectivity index is 1.72. The van der Waals surface area contributed by atoms with Crippen LogP contribution in [0.1, 0.15) is 18.4 Å². The van der Waals surface area contributed by atoms with Crippen molar-refractivity contribution in [3.05, 3.63) is 60.2 Å². The fourth-order valence-corrected chi connectivity index (χ4v) is 3.71. The second kappa shape index (κ2) is 11.4. The predicted octanol–water partition coefficient (Wildman–Crippen LogP) is 2.57. The molecule has 8 heteroatoms. The molecule has 0 bridgehead atoms. The van der Waals surface area contributed by atoms with Crippen molar-refractivity contribution in [1.82, 2.24) is 5.32 Å². The number of rotatable bonds is 12. The quantitative estimate of drug-likeness (QED) is 0.534. The summed E-state index contributed by atoms with van der Waals surface area (Å²) in [5, 5.41) is 2.79. The van der Waals surface area contributed by atoms with Crippen molar-refractivity contribution in [3.8, 4) is 5.75 Å². The first-order valence-corrected chi connectivity index (χ1v) is 11.2. The number of carbonyl (C=O) groups is 1. The number of sulfonamides is 1. The zero-order valence-corrected chi connectivity index (χ0v) is 17.7. The van der Waals surface area contributed by atoms with Crippen LogP contribution in [-0.2, 0) is 26.2 Å². The highest BCUT2D eigenvalue weighted by Crippen LogP contribution is 2.23. The van der Waals surface area contributed by atoms with E-state index in [1.165, 1.54) is 11.4 Å². The number of hydrogen-bond acceptors (Lipinski definition) is 5. The van der Waals surface area contributed by atoms with E-state index in [0.29, 0.717) is 37.6 Å². The Bertz CT molecular complexity index is 872. The maximum absolute atomic E-state index is 12.1. The zero-order valence-electron chi connectivity index (χ0n) is 16.8. The van der Waals surface area contributed by atoms with Gasteiger partial charge in [0.15, 0.2) is 0 Å². The number of ether oxygens (including phenoxy) is 2. The molecule has 0 aliphatic rings. The van der Waals surface area contributed by atoms with Gasteiger partial charge >= 0.3 is 0 Å². The van der Waals surface area contributed by atoms with Gasteiger partial charge in [0.2, 0.25) is 15.9 Å². The van der Waals surface area contributed by atoms with Crippen LogP contribution in [0.25, 0.3) is 0 Å². The third-order valence-electron chi connectivity index (χ3n) is 4.19. The summed E-state index contributed by atoms with van der Waals surface area (Å²) in [5.41, 5.74) is 1.60. The predicted molar refractivity (Wildman–Crippen MR) is 114 cm³/mol. The van der Waals surface area contributed by atoms with E-state index in [-0.39, 0.29) is 18.9 Å². The summed E-state index contributed by atoms with van der Waals surface area (Å²) in [6.07, 6.45) is 1.78. The summed E-state index contributed by atoms with van der Waals surface area (Å²) in [4.78, 5) is 12.0. The van der Waals surface area contributed by atoms with Crippen LogP contribution in [0.15, 0.2) is 54.6 Å². The number of carbonyl (C=O) groups excluding carboxylic acids is 1. The lowest BCUT2D eigenvalue weighted by atomic mass is 10.2. The molecule has 2 aromatic carbocycles. The number of anilines is 1. The van der Waals surface area contributed by atoms with Crippen LogP contribution >= 0.6 is 0 Å². The summed E-state index contributed by atoms with van der Waals surface area (Å²) in [6.45, 7) is 1.54. The molecular weight excluding hydrogens is 392 g/mol. The molecule has 0 spiro atoms. The van der Waals surface area contributed by atoms with Crippen molar-refractivity contribution < 1.29 is 22.7 Å². The smallest absolute Gasteiger partial charge is 0.232 e. The van der Waals surface area contributed by atoms with Gasteiger partial charge in [0.25, 0.3) is 0 Å². The summed E-state index contributed by atoms with van der Waals surface area (Å²) in [5.74, 6) is 0.441. The molecule has 0 radical (unpaired) electrons. The SMILES string of the molecule is COc1cccc(N(CCCC(=O)NCCOCc2ccccc2)S(C)(=O)=O)c1. The van der Waals surface area contributed by atoms with Crippen molar-refractivity contribution in [2.75, 3.05) is 37.4 Å². The van der Waals surface area contributed by atoms with Gasteiger partial charge in [-0.2, -0.15) is 0 Å². The van der Waals surface area contributed by atoms with Gasteiger partial charge in [-0.15, -0.1) is 0 Å². The average molecular weight is 421 g/mol. The van der Waals surface area contributed by atoms with E-state index in [1.54, 1.807) is 24.3 Å². The van der Waals surface area contributed by atoms with E-state index < -0.39 is 10.0 Å². The van der Waals surface area contributed by atoms with Crippen molar-refractivity contribution in [1.29, 1.82) is 0 Å². The van der Waals surface area contributed by atoms with Gasteiger partial charge in [0.05, 0.1) is 32.3 Å². The van der Waals surface area contributed by atoms with E-state index >= 15 is 0 Å². The van der Waals surface area contributed by atoms with Crippen molar-refractivity contribution in [2.24, 2.45) is 0 Å². The lowest BCUT2D eigenvalue weighted by molar-refractivity contribution is -0.121. The summed E-state index contributed by atoms with van der Waals surface area (Å²) in [7, 11) is -1.94. The molecule has 2 rings (SSSR count). The molecule has 0 fully saturated rings. The van der Waals surface area contributed by atoms with Crippen LogP contribution < -0.4 is 14.4 Å². The van der Waals surface area contributed by atoms with E-state index in [4.69, 9.17) is 9.47 Å². The number of amides is 1. The van der Waals surface area contributed by atoms with E-state index in [0.717, 1.165) is 11.8 Å². The van der Waals surface area contributed by atoms with Gasteiger partial charge in [-0.1, -0.05) is 36.4 Å². The Labute approximate surface area is 172 Å². The molecular formula is C21H28N2O5S. The lowest BCUT2D eigenvalue weighted by Gasteiger charge is -2.22. The minimum Gasteiger partial charge on any atom is -0.497 e. The highest BCUT2D eigenvalue weighted by atomic mass is 32.2. The van der Waals surface area contributed by atoms with Crippen molar-refractivity contribution in [3.63, 3.8) is 0 Å². The number of methoxy groups -OCH3 is 1. The topological polar surface area (TPSA) is 84.9 Å². The first kappa shape index (κ1) is 22.7. The lowest BCUT2D eigenvalue weighted by Crippen LogP contribution is -2.32. The molecule has 0 aromatic heterocycles. The molecule has 29 heavy (non-hydrogen) atoms. The molecule has 0 aliphatic carbocycles. The first-order valence-electron chi connectivity index (χ1n) is 9.40. The minimum absolute atomic E-state index is 0.132. The van der Waals surface area contributed by atoms with Gasteiger partial charge in [0, 0.05) is 25.6 Å². The van der Waals surface area contributed by atoms with Gasteiger partial charge < -0.3 is 14.8 Å². The molecule has 1 N–H and O–H groups in total. The van der Waals surface area contributed by atoms with Crippen LogP contribution in [-0.4, -0.2) is 47.4 Å². The van der Waals surface area contributed by atoms with Crippen LogP contribution in [0.4, 0.5) is 5.69 Å². The second-order valence-electron chi connectivity index (χ2n) is 6.53. The largest absolute Gasteiger partial charge is 0.497 e. The first-order chi connectivity index (χ1) is 13.9. The number of nitrogens with zero attached hydrogens (tertiary/aromatic N) is 1. The van der Waals surface area contributed by atoms with Crippen LogP contribution in [0.5, 0.6) is 5.75 Å². The Morgan fingerprint density at radius 1 is 1.10 bits per heavy atom. The van der Waals surface area contributed by atoms with Crippen molar-refractivity contribution in [2.45, 2.75) is 19.4 Å². The Kier molecular flexibility index (Phi) is 8.95. The molecule has 7 nitrogen and oxygen atoms in total. The van der Waals surface area contributed by atoms with Gasteiger partial charge in [-0.3, -0.25) is 9.10 Å². The average Bonchev–Trinajstić information content (AvgIpc) is 2.71. The van der Waals surface area contributed by atoms with Crippen molar-refractivity contribution >= 4 is 21.6 Å². The zero-order chi connectivity index (χ0) is 21.1. The molecule has 0 atom stereocenters. The molecule has 0 unspecified atom stereocenters. The maximum atomic E-state index is 12.1. The normalized spacial score (nSPS) is 11.1. The summed E-state index contributed by atoms with van der Waals surface area (Å²) >= 11 is 0. The maximum Gasteiger partial charge on any atom is 0.232 e. The fourth-order valence-electron chi connectivity index (χ4n) is 2.75. The Morgan fingerprint density at radius 3 is 2.55 bits per heavy atom. The Hall–Kier alpha value is -2.58. The molecule has 0 saturated heterocycles. The molecule has 0 saturated carbocycles. The molecule has 0 heterocycles. The second-order valence-corrected chi connectivity index (χ2v) is 8.44. The molecule has 158 valence electrons. The van der Waals surface area contributed by atoms with Crippen LogP contribution in [0, 0.1) is 0 Å². The molecule has 0 aliphatic heterocycles. The van der Waals surface area contributed by atoms with Gasteiger partial charge in [-0.25, -0.2) is 8.42 Å². The minimum atomic E-state index is -3.47. The third-order valence-corrected chi connectivity index (χ3v) is 5.38. The van der Waals surface area contributed by atoms with Gasteiger partial charge in [0.1, 0.15) is 5.75 Å².